The van der Waals surface area contributed by atoms with Gasteiger partial charge in [-0.05, 0) is 70.8 Å². The number of rotatable bonds is 9. The van der Waals surface area contributed by atoms with Gasteiger partial charge in [-0.1, -0.05) is 47.1 Å². The second kappa shape index (κ2) is 13.6. The summed E-state index contributed by atoms with van der Waals surface area (Å²) in [5, 5.41) is 3.11. The summed E-state index contributed by atoms with van der Waals surface area (Å²) < 4.78 is 0. The Morgan fingerprint density at radius 1 is 0.944 bits per heavy atom. The van der Waals surface area contributed by atoms with Gasteiger partial charge in [0, 0.05) is 31.8 Å². The lowest BCUT2D eigenvalue weighted by Gasteiger charge is -2.39. The highest BCUT2D eigenvalue weighted by Gasteiger charge is 2.36. The van der Waals surface area contributed by atoms with Crippen LogP contribution in [0.15, 0.2) is 11.6 Å². The molecule has 2 heterocycles. The van der Waals surface area contributed by atoms with Crippen LogP contribution in [0.1, 0.15) is 87.5 Å². The van der Waals surface area contributed by atoms with E-state index in [1.807, 2.05) is 31.7 Å². The molecule has 3 unspecified atom stereocenters. The van der Waals surface area contributed by atoms with Gasteiger partial charge < -0.3 is 15.1 Å². The molecule has 0 saturated carbocycles. The van der Waals surface area contributed by atoms with Crippen molar-refractivity contribution < 1.29 is 14.4 Å². The molecule has 2 aliphatic heterocycles. The van der Waals surface area contributed by atoms with Crippen LogP contribution in [0, 0.1) is 17.8 Å². The van der Waals surface area contributed by atoms with Crippen molar-refractivity contribution in [3.63, 3.8) is 0 Å². The Balaban J connectivity index is 2.18. The molecular weight excluding hydrogens is 452 g/mol. The van der Waals surface area contributed by atoms with Crippen molar-refractivity contribution in [1.82, 2.24) is 20.0 Å². The zero-order valence-electron chi connectivity index (χ0n) is 24.3. The van der Waals surface area contributed by atoms with Crippen molar-refractivity contribution in [2.75, 3.05) is 26.7 Å². The first kappa shape index (κ1) is 30.3. The first-order valence-corrected chi connectivity index (χ1v) is 14.2. The highest BCUT2D eigenvalue weighted by atomic mass is 16.2. The Kier molecular flexibility index (Phi) is 11.5. The van der Waals surface area contributed by atoms with Crippen LogP contribution >= 0.6 is 0 Å². The van der Waals surface area contributed by atoms with Gasteiger partial charge in [0.15, 0.2) is 0 Å². The summed E-state index contributed by atoms with van der Waals surface area (Å²) in [4.78, 5) is 46.1. The molecule has 2 rings (SSSR count). The van der Waals surface area contributed by atoms with Crippen LogP contribution in [0.2, 0.25) is 0 Å². The van der Waals surface area contributed by atoms with Gasteiger partial charge in [-0.3, -0.25) is 19.3 Å². The molecule has 2 fully saturated rings. The van der Waals surface area contributed by atoms with Gasteiger partial charge in [0.2, 0.25) is 17.7 Å². The normalized spacial score (nSPS) is 23.7. The fraction of sp³-hybridized carbons (Fsp3) is 0.828. The Hall–Kier alpha value is -1.89. The van der Waals surface area contributed by atoms with Crippen LogP contribution in [-0.4, -0.2) is 83.3 Å². The maximum Gasteiger partial charge on any atom is 0.249 e. The summed E-state index contributed by atoms with van der Waals surface area (Å²) in [6.07, 6.45) is 7.12. The lowest BCUT2D eigenvalue weighted by molar-refractivity contribution is -0.140. The zero-order valence-corrected chi connectivity index (χ0v) is 24.3. The third-order valence-corrected chi connectivity index (χ3v) is 7.92. The number of carbonyl (C=O) groups excluding carboxylic acids is 3. The van der Waals surface area contributed by atoms with Crippen molar-refractivity contribution in [3.8, 4) is 0 Å². The quantitative estimate of drug-likeness (QED) is 0.480. The average Bonchev–Trinajstić information content (AvgIpc) is 2.83. The molecule has 36 heavy (non-hydrogen) atoms. The van der Waals surface area contributed by atoms with Crippen LogP contribution in [0.25, 0.3) is 0 Å². The predicted octanol–water partition coefficient (Wildman–Crippen LogP) is 4.08. The summed E-state index contributed by atoms with van der Waals surface area (Å²) in [7, 11) is 1.80. The van der Waals surface area contributed by atoms with Gasteiger partial charge in [0.1, 0.15) is 6.04 Å². The molecule has 0 spiro atoms. The smallest absolute Gasteiger partial charge is 0.249 e. The molecule has 0 aromatic carbocycles. The minimum Gasteiger partial charge on any atom is -0.343 e. The zero-order chi connectivity index (χ0) is 27.2. The van der Waals surface area contributed by atoms with Crippen LogP contribution < -0.4 is 5.32 Å². The van der Waals surface area contributed by atoms with Crippen molar-refractivity contribution in [2.45, 2.75) is 112 Å². The molecule has 206 valence electrons. The number of nitrogens with one attached hydrogen (secondary N) is 1. The first-order valence-electron chi connectivity index (χ1n) is 14.2. The molecule has 0 aromatic rings. The summed E-state index contributed by atoms with van der Waals surface area (Å²) >= 11 is 0. The molecule has 0 radical (unpaired) electrons. The third kappa shape index (κ3) is 7.80. The van der Waals surface area contributed by atoms with E-state index < -0.39 is 6.04 Å². The van der Waals surface area contributed by atoms with Crippen LogP contribution in [0.4, 0.5) is 0 Å². The fourth-order valence-electron chi connectivity index (χ4n) is 5.69. The van der Waals surface area contributed by atoms with Gasteiger partial charge >= 0.3 is 0 Å². The Morgan fingerprint density at radius 2 is 1.61 bits per heavy atom. The summed E-state index contributed by atoms with van der Waals surface area (Å²) in [5.74, 6) is 0.507. The summed E-state index contributed by atoms with van der Waals surface area (Å²) in [6, 6.07) is -0.739. The molecule has 0 bridgehead atoms. The molecule has 2 aliphatic rings. The number of likely N-dealkylation sites (tertiary alicyclic amines) is 2. The third-order valence-electron chi connectivity index (χ3n) is 7.92. The van der Waals surface area contributed by atoms with Crippen LogP contribution in [-0.2, 0) is 14.4 Å². The largest absolute Gasteiger partial charge is 0.343 e. The van der Waals surface area contributed by atoms with Crippen molar-refractivity contribution >= 4 is 17.7 Å². The predicted molar refractivity (Wildman–Crippen MR) is 146 cm³/mol. The molecule has 0 aliphatic carbocycles. The van der Waals surface area contributed by atoms with Gasteiger partial charge in [0.05, 0.1) is 12.1 Å². The number of hydrogen-bond acceptors (Lipinski definition) is 4. The Morgan fingerprint density at radius 3 is 2.17 bits per heavy atom. The van der Waals surface area contributed by atoms with Gasteiger partial charge in [0.25, 0.3) is 0 Å². The average molecular weight is 505 g/mol. The van der Waals surface area contributed by atoms with E-state index in [4.69, 9.17) is 0 Å². The molecule has 7 nitrogen and oxygen atoms in total. The van der Waals surface area contributed by atoms with E-state index in [1.165, 1.54) is 0 Å². The number of amides is 3. The number of piperidine rings is 2. The topological polar surface area (TPSA) is 73.0 Å². The van der Waals surface area contributed by atoms with Crippen LogP contribution in [0.5, 0.6) is 0 Å². The maximum absolute atomic E-state index is 13.7. The van der Waals surface area contributed by atoms with E-state index in [0.717, 1.165) is 51.7 Å². The van der Waals surface area contributed by atoms with Gasteiger partial charge in [-0.2, -0.15) is 0 Å². The van der Waals surface area contributed by atoms with E-state index >= 15 is 0 Å². The number of carbonyl (C=O) groups is 3. The van der Waals surface area contributed by atoms with Gasteiger partial charge in [-0.15, -0.1) is 0 Å². The SMILES string of the molecule is C/C(=C\C(C(C)C)N(C)C(=O)C(NC(=O)[C@H]1CCCCN1C(C)C)C(C)C)C(=O)N1CCCC(C)C1. The van der Waals surface area contributed by atoms with Crippen molar-refractivity contribution in [3.05, 3.63) is 11.6 Å². The van der Waals surface area contributed by atoms with E-state index in [9.17, 15) is 14.4 Å². The minimum absolute atomic E-state index is 0.0469. The lowest BCUT2D eigenvalue weighted by Crippen LogP contribution is -2.58. The van der Waals surface area contributed by atoms with E-state index in [-0.39, 0.29) is 47.7 Å². The second-order valence-corrected chi connectivity index (χ2v) is 12.1. The van der Waals surface area contributed by atoms with Crippen molar-refractivity contribution in [2.24, 2.45) is 17.8 Å². The summed E-state index contributed by atoms with van der Waals surface area (Å²) in [5.41, 5.74) is 0.683. The maximum atomic E-state index is 13.7. The molecule has 3 amide bonds. The fourth-order valence-corrected chi connectivity index (χ4v) is 5.69. The second-order valence-electron chi connectivity index (χ2n) is 12.1. The summed E-state index contributed by atoms with van der Waals surface area (Å²) in [6.45, 7) is 18.9. The van der Waals surface area contributed by atoms with Gasteiger partial charge in [-0.25, -0.2) is 0 Å². The number of nitrogens with zero attached hydrogens (tertiary/aromatic N) is 3. The molecule has 0 aromatic heterocycles. The standard InChI is InChI=1S/C29H52N4O3/c1-19(2)25(17-23(8)28(35)32-15-12-13-22(7)18-32)31(9)29(36)26(20(3)4)30-27(34)24-14-10-11-16-33(24)21(5)6/h17,19-22,24-26H,10-16,18H2,1-9H3,(H,30,34)/b23-17+/t22?,24-,25?,26?/m1/s1. The Labute approximate surface area is 220 Å². The number of hydrogen-bond donors (Lipinski definition) is 1. The monoisotopic (exact) mass is 504 g/mol. The molecular formula is C29H52N4O3. The lowest BCUT2D eigenvalue weighted by atomic mass is 9.95. The molecule has 7 heteroatoms. The van der Waals surface area contributed by atoms with E-state index in [2.05, 4.69) is 44.8 Å². The molecule has 1 N–H and O–H groups in total. The first-order chi connectivity index (χ1) is 16.8. The number of likely N-dealkylation sites (N-methyl/N-ethyl adjacent to an activating group) is 1. The highest BCUT2D eigenvalue weighted by Crippen LogP contribution is 2.22. The highest BCUT2D eigenvalue weighted by molar-refractivity contribution is 5.93. The molecule has 4 atom stereocenters. The van der Waals surface area contributed by atoms with Crippen LogP contribution in [0.3, 0.4) is 0 Å². The minimum atomic E-state index is -0.605. The van der Waals surface area contributed by atoms with Crippen molar-refractivity contribution in [1.29, 1.82) is 0 Å². The Bertz CT molecular complexity index is 791. The van der Waals surface area contributed by atoms with E-state index in [1.54, 1.807) is 11.9 Å². The van der Waals surface area contributed by atoms with E-state index in [0.29, 0.717) is 11.5 Å². The molecule has 2 saturated heterocycles.